The van der Waals surface area contributed by atoms with Crippen LogP contribution in [0.5, 0.6) is 5.75 Å². The van der Waals surface area contributed by atoms with E-state index in [2.05, 4.69) is 5.32 Å². The Labute approximate surface area is 148 Å². The highest BCUT2D eigenvalue weighted by Crippen LogP contribution is 2.21. The SMILES string of the molecule is Cc1cc(C)c(NC(=O)COC(=O)CCOc2ccccc2)c(C)c1. The molecule has 1 N–H and O–H groups in total. The Balaban J connectivity index is 1.73. The van der Waals surface area contributed by atoms with Crippen LogP contribution in [0.4, 0.5) is 5.69 Å². The molecule has 0 atom stereocenters. The van der Waals surface area contributed by atoms with E-state index >= 15 is 0 Å². The van der Waals surface area contributed by atoms with Crippen LogP contribution in [0, 0.1) is 20.8 Å². The van der Waals surface area contributed by atoms with Gasteiger partial charge in [0.05, 0.1) is 13.0 Å². The summed E-state index contributed by atoms with van der Waals surface area (Å²) in [5, 5.41) is 2.80. The molecule has 0 saturated heterocycles. The summed E-state index contributed by atoms with van der Waals surface area (Å²) in [6, 6.07) is 13.2. The van der Waals surface area contributed by atoms with Crippen molar-refractivity contribution in [2.24, 2.45) is 0 Å². The van der Waals surface area contributed by atoms with Crippen LogP contribution in [0.1, 0.15) is 23.1 Å². The molecule has 0 radical (unpaired) electrons. The molecule has 0 aromatic heterocycles. The first-order valence-electron chi connectivity index (χ1n) is 8.17. The van der Waals surface area contributed by atoms with Gasteiger partial charge < -0.3 is 14.8 Å². The van der Waals surface area contributed by atoms with Gasteiger partial charge in [0.25, 0.3) is 5.91 Å². The monoisotopic (exact) mass is 341 g/mol. The number of carbonyl (C=O) groups excluding carboxylic acids is 2. The smallest absolute Gasteiger partial charge is 0.309 e. The van der Waals surface area contributed by atoms with Gasteiger partial charge in [-0.3, -0.25) is 9.59 Å². The number of benzene rings is 2. The van der Waals surface area contributed by atoms with Gasteiger partial charge in [0, 0.05) is 5.69 Å². The molecule has 0 saturated carbocycles. The van der Waals surface area contributed by atoms with Gasteiger partial charge in [-0.25, -0.2) is 0 Å². The van der Waals surface area contributed by atoms with Crippen molar-refractivity contribution >= 4 is 17.6 Å². The van der Waals surface area contributed by atoms with Crippen LogP contribution in [0.3, 0.4) is 0 Å². The van der Waals surface area contributed by atoms with Gasteiger partial charge in [0.2, 0.25) is 0 Å². The fourth-order valence-corrected chi connectivity index (χ4v) is 2.54. The van der Waals surface area contributed by atoms with Crippen molar-refractivity contribution in [3.63, 3.8) is 0 Å². The fraction of sp³-hybridized carbons (Fsp3) is 0.300. The second-order valence-corrected chi connectivity index (χ2v) is 5.89. The number of esters is 1. The molecular formula is C20H23NO4. The van der Waals surface area contributed by atoms with Gasteiger partial charge in [-0.1, -0.05) is 35.9 Å². The number of nitrogens with one attached hydrogen (secondary N) is 1. The summed E-state index contributed by atoms with van der Waals surface area (Å²) in [7, 11) is 0. The quantitative estimate of drug-likeness (QED) is 0.782. The third-order valence-corrected chi connectivity index (χ3v) is 3.62. The van der Waals surface area contributed by atoms with E-state index in [0.29, 0.717) is 5.75 Å². The third-order valence-electron chi connectivity index (χ3n) is 3.62. The lowest BCUT2D eigenvalue weighted by Gasteiger charge is -2.13. The summed E-state index contributed by atoms with van der Waals surface area (Å²) in [6.45, 7) is 5.77. The number of rotatable bonds is 7. The molecule has 5 nitrogen and oxygen atoms in total. The lowest BCUT2D eigenvalue weighted by Crippen LogP contribution is -2.22. The molecule has 25 heavy (non-hydrogen) atoms. The molecule has 0 unspecified atom stereocenters. The molecule has 2 aromatic carbocycles. The van der Waals surface area contributed by atoms with E-state index in [-0.39, 0.29) is 25.5 Å². The summed E-state index contributed by atoms with van der Waals surface area (Å²) >= 11 is 0. The molecule has 0 aliphatic carbocycles. The Morgan fingerprint density at radius 3 is 2.28 bits per heavy atom. The normalized spacial score (nSPS) is 10.2. The van der Waals surface area contributed by atoms with Crippen molar-refractivity contribution in [1.82, 2.24) is 0 Å². The first-order valence-corrected chi connectivity index (χ1v) is 8.17. The Morgan fingerprint density at radius 2 is 1.64 bits per heavy atom. The van der Waals surface area contributed by atoms with Crippen molar-refractivity contribution in [3.05, 3.63) is 59.2 Å². The van der Waals surface area contributed by atoms with E-state index < -0.39 is 5.97 Å². The molecule has 5 heteroatoms. The van der Waals surface area contributed by atoms with Crippen molar-refractivity contribution in [2.45, 2.75) is 27.2 Å². The van der Waals surface area contributed by atoms with E-state index in [9.17, 15) is 9.59 Å². The largest absolute Gasteiger partial charge is 0.493 e. The molecule has 132 valence electrons. The molecule has 0 heterocycles. The highest BCUT2D eigenvalue weighted by molar-refractivity contribution is 5.94. The molecular weight excluding hydrogens is 318 g/mol. The zero-order valence-corrected chi connectivity index (χ0v) is 14.8. The highest BCUT2D eigenvalue weighted by atomic mass is 16.5. The fourth-order valence-electron chi connectivity index (χ4n) is 2.54. The van der Waals surface area contributed by atoms with E-state index in [0.717, 1.165) is 22.4 Å². The second-order valence-electron chi connectivity index (χ2n) is 5.89. The highest BCUT2D eigenvalue weighted by Gasteiger charge is 2.11. The Morgan fingerprint density at radius 1 is 1.00 bits per heavy atom. The first-order chi connectivity index (χ1) is 12.0. The van der Waals surface area contributed by atoms with Crippen LogP contribution in [0.25, 0.3) is 0 Å². The predicted octanol–water partition coefficient (Wildman–Crippen LogP) is 3.56. The summed E-state index contributed by atoms with van der Waals surface area (Å²) in [6.07, 6.45) is 0.0881. The number of amides is 1. The van der Waals surface area contributed by atoms with Crippen LogP contribution < -0.4 is 10.1 Å². The van der Waals surface area contributed by atoms with Crippen LogP contribution in [0.2, 0.25) is 0 Å². The molecule has 0 fully saturated rings. The Kier molecular flexibility index (Phi) is 6.57. The van der Waals surface area contributed by atoms with E-state index in [4.69, 9.17) is 9.47 Å². The van der Waals surface area contributed by atoms with E-state index in [1.54, 1.807) is 0 Å². The number of carbonyl (C=O) groups is 2. The summed E-state index contributed by atoms with van der Waals surface area (Å²) in [5.74, 6) is -0.130. The standard InChI is InChI=1S/C20H23NO4/c1-14-11-15(2)20(16(3)12-14)21-18(22)13-25-19(23)9-10-24-17-7-5-4-6-8-17/h4-8,11-12H,9-10,13H2,1-3H3,(H,21,22). The minimum Gasteiger partial charge on any atom is -0.493 e. The minimum absolute atomic E-state index is 0.0881. The topological polar surface area (TPSA) is 64.6 Å². The van der Waals surface area contributed by atoms with E-state index in [1.165, 1.54) is 0 Å². The average Bonchev–Trinajstić information content (AvgIpc) is 2.57. The molecule has 2 rings (SSSR count). The van der Waals surface area contributed by atoms with Gasteiger partial charge in [0.15, 0.2) is 6.61 Å². The van der Waals surface area contributed by atoms with Crippen molar-refractivity contribution in [3.8, 4) is 5.75 Å². The maximum atomic E-state index is 12.0. The molecule has 2 aromatic rings. The number of hydrogen-bond donors (Lipinski definition) is 1. The van der Waals surface area contributed by atoms with Gasteiger partial charge in [-0.2, -0.15) is 0 Å². The zero-order valence-electron chi connectivity index (χ0n) is 14.8. The first kappa shape index (κ1) is 18.5. The van der Waals surface area contributed by atoms with Crippen LogP contribution in [0.15, 0.2) is 42.5 Å². The molecule has 0 aliphatic rings. The maximum absolute atomic E-state index is 12.0. The second kappa shape index (κ2) is 8.87. The lowest BCUT2D eigenvalue weighted by atomic mass is 10.1. The van der Waals surface area contributed by atoms with Gasteiger partial charge in [-0.15, -0.1) is 0 Å². The molecule has 0 bridgehead atoms. The molecule has 0 aliphatic heterocycles. The van der Waals surface area contributed by atoms with E-state index in [1.807, 2.05) is 63.2 Å². The number of aryl methyl sites for hydroxylation is 3. The molecule has 1 amide bonds. The average molecular weight is 341 g/mol. The van der Waals surface area contributed by atoms with Gasteiger partial charge in [0.1, 0.15) is 5.75 Å². The predicted molar refractivity (Wildman–Crippen MR) is 96.8 cm³/mol. The summed E-state index contributed by atoms with van der Waals surface area (Å²) in [4.78, 5) is 23.7. The maximum Gasteiger partial charge on any atom is 0.309 e. The van der Waals surface area contributed by atoms with Gasteiger partial charge >= 0.3 is 5.97 Å². The number of hydrogen-bond acceptors (Lipinski definition) is 4. The van der Waals surface area contributed by atoms with Crippen LogP contribution in [-0.4, -0.2) is 25.1 Å². The molecule has 0 spiro atoms. The van der Waals surface area contributed by atoms with Crippen molar-refractivity contribution in [1.29, 1.82) is 0 Å². The number of ether oxygens (including phenoxy) is 2. The van der Waals surface area contributed by atoms with Crippen molar-refractivity contribution < 1.29 is 19.1 Å². The van der Waals surface area contributed by atoms with Crippen LogP contribution >= 0.6 is 0 Å². The summed E-state index contributed by atoms with van der Waals surface area (Å²) in [5.41, 5.74) is 3.86. The zero-order chi connectivity index (χ0) is 18.2. The summed E-state index contributed by atoms with van der Waals surface area (Å²) < 4.78 is 10.4. The Bertz CT molecular complexity index is 718. The number of para-hydroxylation sites is 1. The third kappa shape index (κ3) is 5.95. The van der Waals surface area contributed by atoms with Crippen molar-refractivity contribution in [2.75, 3.05) is 18.5 Å². The van der Waals surface area contributed by atoms with Crippen LogP contribution in [-0.2, 0) is 14.3 Å². The Hall–Kier alpha value is -2.82. The van der Waals surface area contributed by atoms with Gasteiger partial charge in [-0.05, 0) is 44.0 Å². The minimum atomic E-state index is -0.469. The number of anilines is 1. The lowest BCUT2D eigenvalue weighted by molar-refractivity contribution is -0.147.